The number of rotatable bonds is 5. The number of hydrogen-bond acceptors (Lipinski definition) is 5. The van der Waals surface area contributed by atoms with E-state index in [9.17, 15) is 17.6 Å². The molecule has 142 valence electrons. The van der Waals surface area contributed by atoms with Crippen LogP contribution in [0.25, 0.3) is 0 Å². The van der Waals surface area contributed by atoms with Crippen molar-refractivity contribution in [1.82, 2.24) is 4.72 Å². The molecule has 27 heavy (non-hydrogen) atoms. The van der Waals surface area contributed by atoms with Gasteiger partial charge < -0.3 is 14.4 Å². The summed E-state index contributed by atoms with van der Waals surface area (Å²) < 4.78 is 50.9. The fourth-order valence-corrected chi connectivity index (χ4v) is 4.31. The van der Waals surface area contributed by atoms with Crippen LogP contribution in [0.4, 0.5) is 10.1 Å². The second-order valence-corrected chi connectivity index (χ2v) is 8.19. The van der Waals surface area contributed by atoms with E-state index in [2.05, 4.69) is 4.72 Å². The zero-order valence-electron chi connectivity index (χ0n) is 14.2. The average molecular weight is 392 g/mol. The maximum Gasteiger partial charge on any atom is 0.240 e. The van der Waals surface area contributed by atoms with E-state index in [-0.39, 0.29) is 36.5 Å². The third-order valence-electron chi connectivity index (χ3n) is 4.54. The number of carbonyl (C=O) groups excluding carboxylic acids is 1. The largest absolute Gasteiger partial charge is 0.454 e. The van der Waals surface area contributed by atoms with Crippen LogP contribution in [0.15, 0.2) is 47.4 Å². The van der Waals surface area contributed by atoms with Crippen LogP contribution in [-0.2, 0) is 14.8 Å². The van der Waals surface area contributed by atoms with Gasteiger partial charge in [0, 0.05) is 31.3 Å². The SMILES string of the molecule is O=C1C[C@H](CNS(=O)(=O)c2cccc(F)c2)CN1c1ccc2c(c1)OCO2. The lowest BCUT2D eigenvalue weighted by Crippen LogP contribution is -2.31. The van der Waals surface area contributed by atoms with E-state index in [1.165, 1.54) is 18.2 Å². The Morgan fingerprint density at radius 1 is 1.15 bits per heavy atom. The molecule has 1 atom stereocenters. The van der Waals surface area contributed by atoms with E-state index in [1.54, 1.807) is 23.1 Å². The minimum atomic E-state index is -3.83. The quantitative estimate of drug-likeness (QED) is 0.840. The van der Waals surface area contributed by atoms with Crippen LogP contribution in [-0.4, -0.2) is 34.2 Å². The molecule has 2 aromatic rings. The summed E-state index contributed by atoms with van der Waals surface area (Å²) in [6.45, 7) is 0.618. The third-order valence-corrected chi connectivity index (χ3v) is 5.96. The molecular formula is C18H17FN2O5S. The molecule has 2 aliphatic heterocycles. The highest BCUT2D eigenvalue weighted by Gasteiger charge is 2.32. The van der Waals surface area contributed by atoms with Crippen LogP contribution < -0.4 is 19.1 Å². The summed E-state index contributed by atoms with van der Waals surface area (Å²) in [6, 6.07) is 10.0. The molecule has 2 heterocycles. The molecule has 0 aromatic heterocycles. The summed E-state index contributed by atoms with van der Waals surface area (Å²) in [5.74, 6) is 0.304. The van der Waals surface area contributed by atoms with Crippen LogP contribution >= 0.6 is 0 Å². The lowest BCUT2D eigenvalue weighted by Gasteiger charge is -2.17. The van der Waals surface area contributed by atoms with Crippen LogP contribution in [0.5, 0.6) is 11.5 Å². The molecule has 1 saturated heterocycles. The molecule has 2 aromatic carbocycles. The molecule has 0 saturated carbocycles. The lowest BCUT2D eigenvalue weighted by molar-refractivity contribution is -0.117. The number of nitrogens with one attached hydrogen (secondary N) is 1. The zero-order valence-corrected chi connectivity index (χ0v) is 15.0. The van der Waals surface area contributed by atoms with Crippen LogP contribution in [0.1, 0.15) is 6.42 Å². The Morgan fingerprint density at radius 2 is 1.96 bits per heavy atom. The summed E-state index contributed by atoms with van der Waals surface area (Å²) in [4.78, 5) is 13.8. The molecule has 1 amide bonds. The highest BCUT2D eigenvalue weighted by Crippen LogP contribution is 2.37. The van der Waals surface area contributed by atoms with Crippen LogP contribution in [0.3, 0.4) is 0 Å². The number of amides is 1. The van der Waals surface area contributed by atoms with Crippen molar-refractivity contribution in [2.24, 2.45) is 5.92 Å². The molecule has 0 spiro atoms. The average Bonchev–Trinajstić information content (AvgIpc) is 3.25. The summed E-state index contributed by atoms with van der Waals surface area (Å²) in [6.07, 6.45) is 0.222. The number of nitrogens with zero attached hydrogens (tertiary/aromatic N) is 1. The zero-order chi connectivity index (χ0) is 19.0. The molecular weight excluding hydrogens is 375 g/mol. The number of benzene rings is 2. The number of hydrogen-bond donors (Lipinski definition) is 1. The molecule has 0 aliphatic carbocycles. The molecule has 0 unspecified atom stereocenters. The van der Waals surface area contributed by atoms with E-state index in [4.69, 9.17) is 9.47 Å². The number of carbonyl (C=O) groups is 1. The molecule has 4 rings (SSSR count). The van der Waals surface area contributed by atoms with Gasteiger partial charge in [-0.15, -0.1) is 0 Å². The number of ether oxygens (including phenoxy) is 2. The van der Waals surface area contributed by atoms with Gasteiger partial charge >= 0.3 is 0 Å². The fraction of sp³-hybridized carbons (Fsp3) is 0.278. The first-order chi connectivity index (χ1) is 12.9. The molecule has 9 heteroatoms. The minimum Gasteiger partial charge on any atom is -0.454 e. The first-order valence-electron chi connectivity index (χ1n) is 8.37. The lowest BCUT2D eigenvalue weighted by atomic mass is 10.1. The van der Waals surface area contributed by atoms with Gasteiger partial charge in [-0.2, -0.15) is 0 Å². The molecule has 0 bridgehead atoms. The maximum atomic E-state index is 13.3. The highest BCUT2D eigenvalue weighted by atomic mass is 32.2. The van der Waals surface area contributed by atoms with Gasteiger partial charge in [0.15, 0.2) is 11.5 Å². The van der Waals surface area contributed by atoms with Gasteiger partial charge in [0.05, 0.1) is 4.90 Å². The standard InChI is InChI=1S/C18H17FN2O5S/c19-13-2-1-3-15(7-13)27(23,24)20-9-12-6-18(22)21(10-12)14-4-5-16-17(8-14)26-11-25-16/h1-5,7-8,12,20H,6,9-11H2/t12-/m1/s1. The molecule has 7 nitrogen and oxygen atoms in total. The van der Waals surface area contributed by atoms with Gasteiger partial charge in [0.2, 0.25) is 22.7 Å². The highest BCUT2D eigenvalue weighted by molar-refractivity contribution is 7.89. The summed E-state index contributed by atoms with van der Waals surface area (Å²) in [5, 5.41) is 0. The van der Waals surface area contributed by atoms with E-state index >= 15 is 0 Å². The predicted octanol–water partition coefficient (Wildman–Crippen LogP) is 1.89. The van der Waals surface area contributed by atoms with Crippen molar-refractivity contribution in [2.45, 2.75) is 11.3 Å². The molecule has 2 aliphatic rings. The van der Waals surface area contributed by atoms with Crippen molar-refractivity contribution in [3.63, 3.8) is 0 Å². The van der Waals surface area contributed by atoms with Crippen LogP contribution in [0.2, 0.25) is 0 Å². The normalized spacial score (nSPS) is 18.9. The smallest absolute Gasteiger partial charge is 0.240 e. The van der Waals surface area contributed by atoms with E-state index in [0.717, 1.165) is 6.07 Å². The second-order valence-electron chi connectivity index (χ2n) is 6.42. The Bertz CT molecular complexity index is 995. The maximum absolute atomic E-state index is 13.3. The van der Waals surface area contributed by atoms with Gasteiger partial charge in [-0.05, 0) is 36.2 Å². The molecule has 1 N–H and O–H groups in total. The molecule has 0 radical (unpaired) electrons. The Labute approximate surface area is 155 Å². The summed E-state index contributed by atoms with van der Waals surface area (Å²) >= 11 is 0. The third kappa shape index (κ3) is 3.60. The Balaban J connectivity index is 1.42. The number of fused-ring (bicyclic) bond motifs is 1. The van der Waals surface area contributed by atoms with Gasteiger partial charge in [0.25, 0.3) is 0 Å². The fourth-order valence-electron chi connectivity index (χ4n) is 3.17. The first kappa shape index (κ1) is 17.7. The summed E-state index contributed by atoms with van der Waals surface area (Å²) in [7, 11) is -3.83. The van der Waals surface area contributed by atoms with Crippen molar-refractivity contribution >= 4 is 21.6 Å². The summed E-state index contributed by atoms with van der Waals surface area (Å²) in [5.41, 5.74) is 0.680. The second kappa shape index (κ2) is 6.82. The van der Waals surface area contributed by atoms with Crippen molar-refractivity contribution in [3.8, 4) is 11.5 Å². The Hall–Kier alpha value is -2.65. The van der Waals surface area contributed by atoms with Crippen molar-refractivity contribution < 1.29 is 27.1 Å². The number of sulfonamides is 1. The number of halogens is 1. The van der Waals surface area contributed by atoms with E-state index < -0.39 is 15.8 Å². The van der Waals surface area contributed by atoms with E-state index in [0.29, 0.717) is 23.7 Å². The first-order valence-corrected chi connectivity index (χ1v) is 9.86. The van der Waals surface area contributed by atoms with Gasteiger partial charge in [0.1, 0.15) is 5.82 Å². The van der Waals surface area contributed by atoms with Crippen molar-refractivity contribution in [2.75, 3.05) is 24.8 Å². The Kier molecular flexibility index (Phi) is 4.48. The number of anilines is 1. The minimum absolute atomic E-state index is 0.0889. The van der Waals surface area contributed by atoms with Gasteiger partial charge in [-0.25, -0.2) is 17.5 Å². The van der Waals surface area contributed by atoms with Crippen LogP contribution in [0, 0.1) is 11.7 Å². The monoisotopic (exact) mass is 392 g/mol. The van der Waals surface area contributed by atoms with E-state index in [1.807, 2.05) is 0 Å². The molecule has 1 fully saturated rings. The topological polar surface area (TPSA) is 84.9 Å². The van der Waals surface area contributed by atoms with Gasteiger partial charge in [-0.3, -0.25) is 4.79 Å². The van der Waals surface area contributed by atoms with Crippen molar-refractivity contribution in [1.29, 1.82) is 0 Å². The predicted molar refractivity (Wildman–Crippen MR) is 94.6 cm³/mol. The van der Waals surface area contributed by atoms with Gasteiger partial charge in [-0.1, -0.05) is 6.07 Å². The Morgan fingerprint density at radius 3 is 2.78 bits per heavy atom. The van der Waals surface area contributed by atoms with Crippen molar-refractivity contribution in [3.05, 3.63) is 48.3 Å².